The van der Waals surface area contributed by atoms with Crippen molar-refractivity contribution in [1.29, 1.82) is 0 Å². The minimum atomic E-state index is -0.586. The highest BCUT2D eigenvalue weighted by atomic mass is 16.5. The average Bonchev–Trinajstić information content (AvgIpc) is 3.80. The van der Waals surface area contributed by atoms with E-state index in [2.05, 4.69) is 20.6 Å². The van der Waals surface area contributed by atoms with Crippen molar-refractivity contribution >= 4 is 23.2 Å². The molecule has 0 spiro atoms. The van der Waals surface area contributed by atoms with Crippen LogP contribution in [-0.4, -0.2) is 103 Å². The van der Waals surface area contributed by atoms with Crippen LogP contribution in [0.3, 0.4) is 0 Å². The van der Waals surface area contributed by atoms with Gasteiger partial charge in [-0.15, -0.1) is 10.2 Å². The number of nitrogens with zero attached hydrogens (tertiary/aromatic N) is 5. The van der Waals surface area contributed by atoms with E-state index in [0.29, 0.717) is 70.4 Å². The number of aliphatic hydroxyl groups is 1. The van der Waals surface area contributed by atoms with Crippen LogP contribution in [0.15, 0.2) is 97.1 Å². The lowest BCUT2D eigenvalue weighted by atomic mass is 10.1. The number of amides is 2. The molecule has 15 nitrogen and oxygen atoms in total. The third-order valence-corrected chi connectivity index (χ3v) is 10.0. The van der Waals surface area contributed by atoms with Crippen LogP contribution in [0.25, 0.3) is 0 Å². The molecule has 60 heavy (non-hydrogen) atoms. The van der Waals surface area contributed by atoms with Crippen molar-refractivity contribution in [2.75, 3.05) is 63.5 Å². The van der Waals surface area contributed by atoms with E-state index in [9.17, 15) is 14.7 Å². The van der Waals surface area contributed by atoms with Crippen molar-refractivity contribution in [3.63, 3.8) is 0 Å². The molecule has 0 aliphatic carbocycles. The second-order valence-corrected chi connectivity index (χ2v) is 14.2. The molecule has 318 valence electrons. The van der Waals surface area contributed by atoms with E-state index < -0.39 is 12.2 Å². The Morgan fingerprint density at radius 2 is 1.12 bits per heavy atom. The van der Waals surface area contributed by atoms with Crippen LogP contribution >= 0.6 is 0 Å². The molecule has 2 N–H and O–H groups in total. The maximum absolute atomic E-state index is 13.2. The molecule has 2 aliphatic heterocycles. The fourth-order valence-corrected chi connectivity index (χ4v) is 6.96. The maximum Gasteiger partial charge on any atom is 0.268 e. The van der Waals surface area contributed by atoms with Gasteiger partial charge in [-0.1, -0.05) is 65.9 Å². The van der Waals surface area contributed by atoms with Crippen molar-refractivity contribution in [1.82, 2.24) is 20.6 Å². The lowest BCUT2D eigenvalue weighted by molar-refractivity contribution is -0.127. The SMILES string of the molecule is COCCCCN1C(=O)C(CCOc2ccccc2CO)Oc2ccccc21.COCCCCN1C(=O)C(CCOc2ccccc2Cc2nn[nH]n2)Oc2ccccc21. The number of aromatic amines is 1. The molecule has 2 amide bonds. The van der Waals surface area contributed by atoms with E-state index in [1.165, 1.54) is 0 Å². The van der Waals surface area contributed by atoms with Crippen LogP contribution in [0.1, 0.15) is 55.5 Å². The number of nitrogens with one attached hydrogen (secondary N) is 1. The number of carbonyl (C=O) groups excluding carboxylic acids is 2. The Kier molecular flexibility index (Phi) is 16.6. The van der Waals surface area contributed by atoms with Gasteiger partial charge >= 0.3 is 0 Å². The summed E-state index contributed by atoms with van der Waals surface area (Å²) in [4.78, 5) is 29.8. The van der Waals surface area contributed by atoms with Crippen LogP contribution in [-0.2, 0) is 32.1 Å². The Labute approximate surface area is 350 Å². The van der Waals surface area contributed by atoms with Crippen LogP contribution < -0.4 is 28.7 Å². The molecule has 0 bridgehead atoms. The van der Waals surface area contributed by atoms with Crippen LogP contribution in [0, 0.1) is 0 Å². The number of rotatable bonds is 21. The number of tetrazole rings is 1. The predicted molar refractivity (Wildman–Crippen MR) is 225 cm³/mol. The zero-order valence-corrected chi connectivity index (χ0v) is 34.2. The summed E-state index contributed by atoms with van der Waals surface area (Å²) in [6.07, 6.45) is 3.73. The number of fused-ring (bicyclic) bond motifs is 2. The molecule has 2 aliphatic rings. The summed E-state index contributed by atoms with van der Waals surface area (Å²) in [6, 6.07) is 30.3. The van der Waals surface area contributed by atoms with Gasteiger partial charge < -0.3 is 43.3 Å². The molecule has 7 rings (SSSR count). The number of anilines is 2. The zero-order chi connectivity index (χ0) is 41.9. The molecule has 0 saturated heterocycles. The number of hydrogen-bond donors (Lipinski definition) is 2. The summed E-state index contributed by atoms with van der Waals surface area (Å²) in [5.74, 6) is 3.31. The van der Waals surface area contributed by atoms with E-state index >= 15 is 0 Å². The Morgan fingerprint density at radius 1 is 0.633 bits per heavy atom. The number of benzene rings is 4. The van der Waals surface area contributed by atoms with Crippen molar-refractivity contribution in [3.05, 3.63) is 114 Å². The molecular weight excluding hydrogens is 769 g/mol. The minimum absolute atomic E-state index is 0.0372. The van der Waals surface area contributed by atoms with E-state index in [-0.39, 0.29) is 18.4 Å². The van der Waals surface area contributed by atoms with Gasteiger partial charge in [-0.25, -0.2) is 0 Å². The van der Waals surface area contributed by atoms with Gasteiger partial charge in [0.15, 0.2) is 18.0 Å². The van der Waals surface area contributed by atoms with Crippen LogP contribution in [0.4, 0.5) is 11.4 Å². The van der Waals surface area contributed by atoms with Gasteiger partial charge in [0.2, 0.25) is 0 Å². The van der Waals surface area contributed by atoms with Crippen molar-refractivity contribution in [2.45, 2.75) is 63.8 Å². The second kappa shape index (κ2) is 22.9. The quantitative estimate of drug-likeness (QED) is 0.0836. The Bertz CT molecular complexity index is 2080. The summed E-state index contributed by atoms with van der Waals surface area (Å²) in [5, 5.41) is 23.5. The third-order valence-electron chi connectivity index (χ3n) is 10.0. The first-order valence-corrected chi connectivity index (χ1v) is 20.4. The topological polar surface area (TPSA) is 171 Å². The van der Waals surface area contributed by atoms with Crippen molar-refractivity contribution in [3.8, 4) is 23.0 Å². The number of aliphatic hydroxyl groups excluding tert-OH is 1. The highest BCUT2D eigenvalue weighted by molar-refractivity contribution is 6.00. The molecule has 0 fully saturated rings. The summed E-state index contributed by atoms with van der Waals surface area (Å²) in [5.41, 5.74) is 3.31. The van der Waals surface area contributed by atoms with Crippen LogP contribution in [0.5, 0.6) is 23.0 Å². The van der Waals surface area contributed by atoms with Gasteiger partial charge in [-0.3, -0.25) is 9.59 Å². The number of para-hydroxylation sites is 6. The van der Waals surface area contributed by atoms with E-state index in [1.54, 1.807) is 19.1 Å². The number of unbranched alkanes of at least 4 members (excludes halogenated alkanes) is 2. The molecule has 1 aromatic heterocycles. The van der Waals surface area contributed by atoms with Crippen molar-refractivity contribution in [2.24, 2.45) is 0 Å². The summed E-state index contributed by atoms with van der Waals surface area (Å²) in [6.45, 7) is 3.22. The Balaban J connectivity index is 0.000000203. The van der Waals surface area contributed by atoms with E-state index in [4.69, 9.17) is 28.4 Å². The molecule has 2 atom stereocenters. The summed E-state index contributed by atoms with van der Waals surface area (Å²) >= 11 is 0. The molecule has 2 unspecified atom stereocenters. The lowest BCUT2D eigenvalue weighted by Gasteiger charge is -2.34. The first kappa shape index (κ1) is 43.5. The van der Waals surface area contributed by atoms with Crippen LogP contribution in [0.2, 0.25) is 0 Å². The van der Waals surface area contributed by atoms with Crippen molar-refractivity contribution < 1.29 is 43.1 Å². The monoisotopic (exact) mass is 822 g/mol. The van der Waals surface area contributed by atoms with Gasteiger partial charge in [0.1, 0.15) is 23.0 Å². The smallest absolute Gasteiger partial charge is 0.268 e. The number of aromatic nitrogens is 4. The molecule has 0 radical (unpaired) electrons. The highest BCUT2D eigenvalue weighted by Gasteiger charge is 2.35. The maximum atomic E-state index is 13.2. The summed E-state index contributed by atoms with van der Waals surface area (Å²) < 4.78 is 34.0. The Hall–Kier alpha value is -6.03. The van der Waals surface area contributed by atoms with Gasteiger partial charge in [0, 0.05) is 70.9 Å². The molecule has 15 heteroatoms. The Morgan fingerprint density at radius 3 is 1.62 bits per heavy atom. The minimum Gasteiger partial charge on any atom is -0.493 e. The number of carbonyl (C=O) groups is 2. The number of H-pyrrole nitrogens is 1. The molecular formula is C45H54N6O9. The van der Waals surface area contributed by atoms with Gasteiger partial charge in [-0.2, -0.15) is 5.21 Å². The highest BCUT2D eigenvalue weighted by Crippen LogP contribution is 2.36. The van der Waals surface area contributed by atoms with E-state index in [0.717, 1.165) is 65.4 Å². The van der Waals surface area contributed by atoms with Gasteiger partial charge in [0.05, 0.1) is 31.2 Å². The fourth-order valence-electron chi connectivity index (χ4n) is 6.96. The average molecular weight is 823 g/mol. The molecule has 5 aromatic rings. The lowest BCUT2D eigenvalue weighted by Crippen LogP contribution is -2.47. The standard InChI is InChI=1S/C23H27N5O4.C22H27NO5/c1-30-14-7-6-13-28-18-9-3-5-11-20(18)32-21(23(28)29)12-15-31-19-10-4-2-8-17(19)16-22-24-26-27-25-22;1-26-14-7-6-13-23-18-9-3-5-11-20(18)28-21(22(23)25)12-15-27-19-10-4-2-8-17(19)16-24/h2-5,8-11,21H,6-7,12-16H2,1H3,(H,24,25,26,27);2-5,8-11,21,24H,6-7,12-16H2,1H3. The first-order valence-electron chi connectivity index (χ1n) is 20.4. The van der Waals surface area contributed by atoms with E-state index in [1.807, 2.05) is 102 Å². The number of hydrogen-bond acceptors (Lipinski definition) is 12. The largest absolute Gasteiger partial charge is 0.493 e. The third kappa shape index (κ3) is 11.8. The number of methoxy groups -OCH3 is 2. The fraction of sp³-hybridized carbons (Fsp3) is 0.400. The number of ether oxygens (including phenoxy) is 6. The second-order valence-electron chi connectivity index (χ2n) is 14.2. The van der Waals surface area contributed by atoms with Gasteiger partial charge in [0.25, 0.3) is 11.8 Å². The first-order chi connectivity index (χ1) is 29.5. The zero-order valence-electron chi connectivity index (χ0n) is 34.2. The molecule has 0 saturated carbocycles. The normalized spacial score (nSPS) is 15.6. The molecule has 4 aromatic carbocycles. The summed E-state index contributed by atoms with van der Waals surface area (Å²) in [7, 11) is 3.37. The van der Waals surface area contributed by atoms with Gasteiger partial charge in [-0.05, 0) is 62.1 Å². The molecule has 3 heterocycles. The predicted octanol–water partition coefficient (Wildman–Crippen LogP) is 5.95.